The molecule has 0 aliphatic heterocycles. The summed E-state index contributed by atoms with van der Waals surface area (Å²) in [6.45, 7) is 0. The highest BCUT2D eigenvalue weighted by Gasteiger charge is 2.17. The predicted octanol–water partition coefficient (Wildman–Crippen LogP) is 0.655. The highest BCUT2D eigenvalue weighted by atomic mass is 32.2. The molecule has 0 saturated carbocycles. The fourth-order valence-electron chi connectivity index (χ4n) is 1.76. The summed E-state index contributed by atoms with van der Waals surface area (Å²) in [5, 5.41) is 3.93. The molecule has 8 nitrogen and oxygen atoms in total. The Morgan fingerprint density at radius 1 is 1.35 bits per heavy atom. The van der Waals surface area contributed by atoms with Gasteiger partial charge in [-0.05, 0) is 12.1 Å². The summed E-state index contributed by atoms with van der Waals surface area (Å²) in [7, 11) is -2.11. The van der Waals surface area contributed by atoms with Crippen molar-refractivity contribution in [3.8, 4) is 0 Å². The van der Waals surface area contributed by atoms with E-state index in [-0.39, 0.29) is 16.3 Å². The number of aromatic amines is 1. The minimum absolute atomic E-state index is 0.0154. The molecule has 1 aromatic carbocycles. The number of nitrogens with one attached hydrogen (secondary N) is 2. The molecule has 0 radical (unpaired) electrons. The lowest BCUT2D eigenvalue weighted by Gasteiger charge is -2.04. The van der Waals surface area contributed by atoms with Crippen LogP contribution in [0.2, 0.25) is 0 Å². The van der Waals surface area contributed by atoms with Crippen molar-refractivity contribution in [2.24, 2.45) is 7.05 Å². The Kier molecular flexibility index (Phi) is 2.64. The van der Waals surface area contributed by atoms with Crippen LogP contribution < -0.4 is 10.5 Å². The Morgan fingerprint density at radius 3 is 2.85 bits per heavy atom. The first kappa shape index (κ1) is 12.5. The fraction of sp³-hybridized carbons (Fsp3) is 0.0909. The van der Waals surface area contributed by atoms with Crippen molar-refractivity contribution in [2.75, 3.05) is 4.72 Å². The van der Waals surface area contributed by atoms with Crippen molar-refractivity contribution in [3.63, 3.8) is 0 Å². The minimum atomic E-state index is -3.78. The highest BCUT2D eigenvalue weighted by molar-refractivity contribution is 7.92. The Bertz CT molecular complexity index is 935. The largest absolute Gasteiger partial charge is 0.417 e. The lowest BCUT2D eigenvalue weighted by atomic mass is 10.3. The van der Waals surface area contributed by atoms with Gasteiger partial charge >= 0.3 is 5.76 Å². The number of aromatic nitrogens is 3. The Hall–Kier alpha value is -2.55. The van der Waals surface area contributed by atoms with Crippen molar-refractivity contribution in [3.05, 3.63) is 41.0 Å². The molecule has 0 saturated heterocycles. The van der Waals surface area contributed by atoms with Crippen LogP contribution >= 0.6 is 0 Å². The first-order valence-electron chi connectivity index (χ1n) is 5.59. The summed E-state index contributed by atoms with van der Waals surface area (Å²) >= 11 is 0. The lowest BCUT2D eigenvalue weighted by Crippen LogP contribution is -2.13. The normalized spacial score (nSPS) is 11.8. The van der Waals surface area contributed by atoms with Gasteiger partial charge in [0.15, 0.2) is 11.4 Å². The van der Waals surface area contributed by atoms with E-state index in [1.807, 2.05) is 0 Å². The molecule has 0 amide bonds. The van der Waals surface area contributed by atoms with Crippen molar-refractivity contribution in [2.45, 2.75) is 4.90 Å². The molecule has 0 aliphatic carbocycles. The molecule has 2 N–H and O–H groups in total. The monoisotopic (exact) mass is 294 g/mol. The van der Waals surface area contributed by atoms with Gasteiger partial charge in [-0.3, -0.25) is 14.4 Å². The lowest BCUT2D eigenvalue weighted by molar-refractivity contribution is 0.554. The fourth-order valence-corrected chi connectivity index (χ4v) is 2.77. The van der Waals surface area contributed by atoms with E-state index >= 15 is 0 Å². The van der Waals surface area contributed by atoms with E-state index in [4.69, 9.17) is 4.42 Å². The molecular weight excluding hydrogens is 284 g/mol. The second kappa shape index (κ2) is 4.23. The van der Waals surface area contributed by atoms with E-state index in [9.17, 15) is 13.2 Å². The van der Waals surface area contributed by atoms with Crippen LogP contribution in [0.25, 0.3) is 11.1 Å². The van der Waals surface area contributed by atoms with E-state index in [2.05, 4.69) is 14.8 Å². The van der Waals surface area contributed by atoms with Crippen LogP contribution in [0.5, 0.6) is 0 Å². The van der Waals surface area contributed by atoms with Crippen LogP contribution in [-0.4, -0.2) is 23.2 Å². The SMILES string of the molecule is Cn1ccc(NS(=O)(=O)c2ccc3[nH]c(=O)oc3c2)n1. The molecule has 0 spiro atoms. The number of nitrogens with zero attached hydrogens (tertiary/aromatic N) is 2. The third-order valence-electron chi connectivity index (χ3n) is 2.66. The van der Waals surface area contributed by atoms with Crippen LogP contribution in [-0.2, 0) is 17.1 Å². The predicted molar refractivity (Wildman–Crippen MR) is 70.9 cm³/mol. The average Bonchev–Trinajstić information content (AvgIpc) is 2.92. The number of benzene rings is 1. The van der Waals surface area contributed by atoms with Crippen LogP contribution in [0.3, 0.4) is 0 Å². The third-order valence-corrected chi connectivity index (χ3v) is 4.01. The summed E-state index contributed by atoms with van der Waals surface area (Å²) < 4.78 is 33.0. The number of hydrogen-bond acceptors (Lipinski definition) is 5. The second-order valence-electron chi connectivity index (χ2n) is 4.15. The van der Waals surface area contributed by atoms with E-state index in [0.717, 1.165) is 0 Å². The van der Waals surface area contributed by atoms with Gasteiger partial charge in [0.2, 0.25) is 0 Å². The molecular formula is C11H10N4O4S. The van der Waals surface area contributed by atoms with E-state index in [0.29, 0.717) is 5.52 Å². The molecule has 0 aliphatic rings. The smallest absolute Gasteiger partial charge is 0.408 e. The number of aryl methyl sites for hydroxylation is 1. The van der Waals surface area contributed by atoms with Gasteiger partial charge in [0.1, 0.15) is 0 Å². The van der Waals surface area contributed by atoms with E-state index in [1.165, 1.54) is 28.9 Å². The number of H-pyrrole nitrogens is 1. The molecule has 3 rings (SSSR count). The number of rotatable bonds is 3. The Balaban J connectivity index is 2.01. The molecule has 104 valence electrons. The summed E-state index contributed by atoms with van der Waals surface area (Å²) in [6.07, 6.45) is 1.62. The maximum atomic E-state index is 12.2. The van der Waals surface area contributed by atoms with Crippen molar-refractivity contribution < 1.29 is 12.8 Å². The Morgan fingerprint density at radius 2 is 2.15 bits per heavy atom. The first-order chi connectivity index (χ1) is 9.44. The summed E-state index contributed by atoms with van der Waals surface area (Å²) in [5.41, 5.74) is 0.616. The molecule has 0 bridgehead atoms. The van der Waals surface area contributed by atoms with Gasteiger partial charge in [0.25, 0.3) is 10.0 Å². The average molecular weight is 294 g/mol. The topological polar surface area (TPSA) is 110 Å². The number of hydrogen-bond donors (Lipinski definition) is 2. The summed E-state index contributed by atoms with van der Waals surface area (Å²) in [4.78, 5) is 13.5. The zero-order valence-corrected chi connectivity index (χ0v) is 11.1. The summed E-state index contributed by atoms with van der Waals surface area (Å²) in [5.74, 6) is -0.421. The number of anilines is 1. The van der Waals surface area contributed by atoms with Gasteiger partial charge in [0.05, 0.1) is 10.4 Å². The van der Waals surface area contributed by atoms with Crippen LogP contribution in [0.15, 0.2) is 44.6 Å². The van der Waals surface area contributed by atoms with Gasteiger partial charge < -0.3 is 4.42 Å². The van der Waals surface area contributed by atoms with Gasteiger partial charge in [-0.2, -0.15) is 5.10 Å². The number of oxazole rings is 1. The maximum absolute atomic E-state index is 12.2. The quantitative estimate of drug-likeness (QED) is 0.737. The zero-order valence-electron chi connectivity index (χ0n) is 10.3. The van der Waals surface area contributed by atoms with Crippen LogP contribution in [0.4, 0.5) is 5.82 Å². The molecule has 0 atom stereocenters. The highest BCUT2D eigenvalue weighted by Crippen LogP contribution is 2.18. The first-order valence-corrected chi connectivity index (χ1v) is 7.08. The maximum Gasteiger partial charge on any atom is 0.417 e. The van der Waals surface area contributed by atoms with Gasteiger partial charge in [-0.1, -0.05) is 0 Å². The van der Waals surface area contributed by atoms with Crippen LogP contribution in [0.1, 0.15) is 0 Å². The molecule has 3 aromatic rings. The Labute approximate surface area is 113 Å². The van der Waals surface area contributed by atoms with Gasteiger partial charge in [-0.15, -0.1) is 0 Å². The van der Waals surface area contributed by atoms with E-state index in [1.54, 1.807) is 13.2 Å². The van der Waals surface area contributed by atoms with Crippen molar-refractivity contribution in [1.29, 1.82) is 0 Å². The van der Waals surface area contributed by atoms with Gasteiger partial charge in [0, 0.05) is 25.4 Å². The molecule has 20 heavy (non-hydrogen) atoms. The molecule has 9 heteroatoms. The van der Waals surface area contributed by atoms with E-state index < -0.39 is 15.8 Å². The number of fused-ring (bicyclic) bond motifs is 1. The standard InChI is InChI=1S/C11H10N4O4S/c1-15-5-4-10(13-15)14-20(17,18)7-2-3-8-9(6-7)19-11(16)12-8/h2-6H,1H3,(H,12,16)(H,13,14). The third kappa shape index (κ3) is 2.18. The molecule has 0 unspecified atom stereocenters. The summed E-state index contributed by atoms with van der Waals surface area (Å²) in [6, 6.07) is 5.65. The second-order valence-corrected chi connectivity index (χ2v) is 5.84. The van der Waals surface area contributed by atoms with Crippen LogP contribution in [0, 0.1) is 0 Å². The molecule has 2 aromatic heterocycles. The number of sulfonamides is 1. The van der Waals surface area contributed by atoms with Crippen molar-refractivity contribution >= 4 is 26.9 Å². The van der Waals surface area contributed by atoms with Crippen molar-refractivity contribution in [1.82, 2.24) is 14.8 Å². The minimum Gasteiger partial charge on any atom is -0.408 e. The molecule has 2 heterocycles. The molecule has 0 fully saturated rings. The van der Waals surface area contributed by atoms with Gasteiger partial charge in [-0.25, -0.2) is 13.2 Å². The zero-order chi connectivity index (χ0) is 14.3.